The molecule has 0 aromatic carbocycles. The van der Waals surface area contributed by atoms with E-state index in [9.17, 15) is 17.3 Å². The zero-order valence-corrected chi connectivity index (χ0v) is 13.1. The fraction of sp³-hybridized carbons (Fsp3) is 0.727. The highest BCUT2D eigenvalue weighted by Crippen LogP contribution is 2.06. The second kappa shape index (κ2) is 12.5. The molecule has 0 saturated carbocycles. The van der Waals surface area contributed by atoms with Gasteiger partial charge in [-0.15, -0.1) is 0 Å². The molecule has 0 unspecified atom stereocenters. The summed E-state index contributed by atoms with van der Waals surface area (Å²) in [6, 6.07) is 0. The molecule has 11 heteroatoms. The minimum atomic E-state index is -6.00. The third-order valence-electron chi connectivity index (χ3n) is 2.65. The molecule has 1 aromatic heterocycles. The summed E-state index contributed by atoms with van der Waals surface area (Å²) in [6.07, 6.45) is 9.64. The van der Waals surface area contributed by atoms with Crippen LogP contribution < -0.4 is 4.57 Å². The Hall–Kier alpha value is -1.06. The molecule has 0 saturated heterocycles. The van der Waals surface area contributed by atoms with Crippen LogP contribution in [0.1, 0.15) is 38.4 Å². The zero-order valence-electron chi connectivity index (χ0n) is 13.1. The van der Waals surface area contributed by atoms with Gasteiger partial charge in [-0.05, 0) is 12.8 Å². The predicted molar refractivity (Wildman–Crippen MR) is 77.1 cm³/mol. The van der Waals surface area contributed by atoms with Gasteiger partial charge in [-0.2, -0.15) is 0 Å². The summed E-state index contributed by atoms with van der Waals surface area (Å²) < 4.78 is 43.5. The smallest absolute Gasteiger partial charge is 0.418 e. The van der Waals surface area contributed by atoms with Gasteiger partial charge in [0.1, 0.15) is 12.4 Å². The number of rotatable bonds is 5. The quantitative estimate of drug-likeness (QED) is 0.331. The van der Waals surface area contributed by atoms with E-state index in [1.807, 2.05) is 0 Å². The van der Waals surface area contributed by atoms with Crippen LogP contribution in [0, 0.1) is 6.92 Å². The molecule has 1 rings (SSSR count). The lowest BCUT2D eigenvalue weighted by atomic mass is 10.2. The largest absolute Gasteiger partial charge is 0.673 e. The monoisotopic (exact) mass is 330 g/mol. The van der Waals surface area contributed by atoms with Crippen molar-refractivity contribution in [3.05, 3.63) is 18.2 Å². The number of nitrogens with zero attached hydrogens (tertiary/aromatic N) is 2. The molecule has 130 valence electrons. The lowest BCUT2D eigenvalue weighted by Gasteiger charge is -1.98. The van der Waals surface area contributed by atoms with Crippen molar-refractivity contribution in [2.75, 3.05) is 0 Å². The zero-order chi connectivity index (χ0) is 17.8. The molecule has 0 aliphatic carbocycles. The van der Waals surface area contributed by atoms with Crippen molar-refractivity contribution in [3.63, 3.8) is 0 Å². The Morgan fingerprint density at radius 1 is 1.14 bits per heavy atom. The van der Waals surface area contributed by atoms with Crippen LogP contribution in [0.15, 0.2) is 12.4 Å². The maximum absolute atomic E-state index is 9.75. The number of aromatic nitrogens is 2. The highest BCUT2D eigenvalue weighted by Gasteiger charge is 2.20. The van der Waals surface area contributed by atoms with Crippen molar-refractivity contribution in [1.29, 1.82) is 0 Å². The SMILES string of the molecule is CCCCCCn1cc[n+](C)c1C.F[B-](F)(F)F.OB(O)O. The van der Waals surface area contributed by atoms with Gasteiger partial charge in [0.25, 0.3) is 5.82 Å². The number of unbranched alkanes of at least 4 members (excludes halogenated alkanes) is 3. The Bertz CT molecular complexity index is 381. The summed E-state index contributed by atoms with van der Waals surface area (Å²) >= 11 is 0. The number of imidazole rings is 1. The van der Waals surface area contributed by atoms with Gasteiger partial charge in [-0.1, -0.05) is 19.8 Å². The molecule has 0 amide bonds. The molecule has 0 radical (unpaired) electrons. The van der Waals surface area contributed by atoms with E-state index in [2.05, 4.69) is 42.4 Å². The lowest BCUT2D eigenvalue weighted by Crippen LogP contribution is -2.29. The second-order valence-corrected chi connectivity index (χ2v) is 4.55. The highest BCUT2D eigenvalue weighted by molar-refractivity contribution is 6.50. The Morgan fingerprint density at radius 3 is 1.91 bits per heavy atom. The molecule has 0 aliphatic rings. The van der Waals surface area contributed by atoms with Crippen LogP contribution >= 0.6 is 0 Å². The molecular weight excluding hydrogens is 306 g/mol. The summed E-state index contributed by atoms with van der Waals surface area (Å²) in [5, 5.41) is 21.5. The van der Waals surface area contributed by atoms with E-state index in [0.29, 0.717) is 0 Å². The van der Waals surface area contributed by atoms with Gasteiger partial charge >= 0.3 is 14.6 Å². The summed E-state index contributed by atoms with van der Waals surface area (Å²) in [6.45, 7) is 5.59. The van der Waals surface area contributed by atoms with Crippen LogP contribution in [0.25, 0.3) is 0 Å². The number of hydrogen-bond donors (Lipinski definition) is 3. The van der Waals surface area contributed by atoms with Crippen molar-refractivity contribution >= 4 is 14.6 Å². The van der Waals surface area contributed by atoms with Gasteiger partial charge in [-0.3, -0.25) is 0 Å². The van der Waals surface area contributed by atoms with Gasteiger partial charge in [0.2, 0.25) is 0 Å². The molecule has 22 heavy (non-hydrogen) atoms. The van der Waals surface area contributed by atoms with Crippen LogP contribution in [0.2, 0.25) is 0 Å². The molecule has 0 aliphatic heterocycles. The van der Waals surface area contributed by atoms with Gasteiger partial charge in [0.05, 0.1) is 13.6 Å². The third-order valence-corrected chi connectivity index (χ3v) is 2.65. The van der Waals surface area contributed by atoms with Gasteiger partial charge in [0, 0.05) is 6.92 Å². The Morgan fingerprint density at radius 2 is 1.59 bits per heavy atom. The van der Waals surface area contributed by atoms with Crippen LogP contribution in [0.5, 0.6) is 0 Å². The first-order chi connectivity index (χ1) is 9.99. The van der Waals surface area contributed by atoms with Gasteiger partial charge in [0.15, 0.2) is 0 Å². The van der Waals surface area contributed by atoms with Crippen LogP contribution in [-0.2, 0) is 13.6 Å². The maximum atomic E-state index is 9.75. The number of halogens is 4. The molecule has 3 N–H and O–H groups in total. The summed E-state index contributed by atoms with van der Waals surface area (Å²) in [5.41, 5.74) is 0. The molecular formula is C11H24B2F4N2O3. The maximum Gasteiger partial charge on any atom is 0.673 e. The third kappa shape index (κ3) is 18.9. The van der Waals surface area contributed by atoms with E-state index in [-0.39, 0.29) is 0 Å². The standard InChI is InChI=1S/C11H21N2.BF4.BH3O3/c1-4-5-6-7-8-13-10-9-12(3)11(13)2;2-1(3,4)5;2-1(3)4/h9-10H,4-8H2,1-3H3;;2-4H/q+1;-1;. The van der Waals surface area contributed by atoms with Crippen LogP contribution in [0.3, 0.4) is 0 Å². The number of hydrogen-bond acceptors (Lipinski definition) is 3. The molecule has 0 bridgehead atoms. The van der Waals surface area contributed by atoms with Gasteiger partial charge in [-0.25, -0.2) is 9.13 Å². The first kappa shape index (κ1) is 23.2. The van der Waals surface area contributed by atoms with Crippen molar-refractivity contribution in [2.45, 2.75) is 46.1 Å². The first-order valence-corrected chi connectivity index (χ1v) is 6.91. The normalized spacial score (nSPS) is 10.3. The molecule has 1 aromatic rings. The van der Waals surface area contributed by atoms with E-state index in [4.69, 9.17) is 15.1 Å². The minimum absolute atomic E-state index is 1.17. The second-order valence-electron chi connectivity index (χ2n) is 4.55. The minimum Gasteiger partial charge on any atom is -0.418 e. The van der Waals surface area contributed by atoms with E-state index < -0.39 is 14.6 Å². The Kier molecular flexibility index (Phi) is 13.2. The van der Waals surface area contributed by atoms with Crippen molar-refractivity contribution in [3.8, 4) is 0 Å². The molecule has 0 atom stereocenters. The highest BCUT2D eigenvalue weighted by atomic mass is 19.5. The molecule has 1 heterocycles. The average molecular weight is 330 g/mol. The number of aryl methyl sites for hydroxylation is 2. The van der Waals surface area contributed by atoms with Crippen LogP contribution in [0.4, 0.5) is 17.3 Å². The van der Waals surface area contributed by atoms with Crippen molar-refractivity contribution in [1.82, 2.24) is 4.57 Å². The van der Waals surface area contributed by atoms with Gasteiger partial charge < -0.3 is 32.3 Å². The Labute approximate surface area is 128 Å². The summed E-state index contributed by atoms with van der Waals surface area (Å²) in [4.78, 5) is 0. The molecule has 0 fully saturated rings. The first-order valence-electron chi connectivity index (χ1n) is 6.91. The lowest BCUT2D eigenvalue weighted by molar-refractivity contribution is -0.677. The van der Waals surface area contributed by atoms with Crippen LogP contribution in [-0.4, -0.2) is 34.2 Å². The molecule has 0 spiro atoms. The average Bonchev–Trinajstić information content (AvgIpc) is 2.63. The summed E-state index contributed by atoms with van der Waals surface area (Å²) in [5.74, 6) is 1.34. The van der Waals surface area contributed by atoms with E-state index in [1.165, 1.54) is 38.1 Å². The van der Waals surface area contributed by atoms with Crippen molar-refractivity contribution < 1.29 is 36.9 Å². The van der Waals surface area contributed by atoms with E-state index in [1.54, 1.807) is 0 Å². The fourth-order valence-corrected chi connectivity index (χ4v) is 1.54. The van der Waals surface area contributed by atoms with E-state index >= 15 is 0 Å². The van der Waals surface area contributed by atoms with Crippen molar-refractivity contribution in [2.24, 2.45) is 7.05 Å². The Balaban J connectivity index is 0. The molecule has 5 nitrogen and oxygen atoms in total. The fourth-order valence-electron chi connectivity index (χ4n) is 1.54. The van der Waals surface area contributed by atoms with E-state index in [0.717, 1.165) is 0 Å². The summed E-state index contributed by atoms with van der Waals surface area (Å²) in [7, 11) is -6.07. The predicted octanol–water partition coefficient (Wildman–Crippen LogP) is 1.45. The topological polar surface area (TPSA) is 69.5 Å².